The molecule has 2 aliphatic rings. The topological polar surface area (TPSA) is 102 Å². The van der Waals surface area contributed by atoms with Crippen molar-refractivity contribution in [3.8, 4) is 0 Å². The maximum atomic E-state index is 13.9. The summed E-state index contributed by atoms with van der Waals surface area (Å²) in [6.45, 7) is 6.87. The van der Waals surface area contributed by atoms with Crippen molar-refractivity contribution < 1.29 is 15.0 Å². The van der Waals surface area contributed by atoms with E-state index in [-0.39, 0.29) is 17.9 Å². The molecular weight excluding hydrogens is 514 g/mol. The van der Waals surface area contributed by atoms with Crippen LogP contribution in [-0.4, -0.2) is 69.8 Å². The summed E-state index contributed by atoms with van der Waals surface area (Å²) < 4.78 is 0. The highest BCUT2D eigenvalue weighted by Crippen LogP contribution is 2.42. The Hall–Kier alpha value is -3.04. The molecule has 1 aromatic heterocycles. The standard InChI is InChI=1S/C30H36ClN5O3/c1-19-16-25(37)27-26(19)29(34-18-33-27)35-12-14-36(15-13-35)30(39)24(21-8-10-23(31)11-9-21)17-32-20(2)28(38)22-6-4-3-5-7-22/h3-11,18-20,24-25,28,32,37-38H,12-17H2,1-2H3/t19-,20-,24?,25-,28+/m1/s1. The van der Waals surface area contributed by atoms with Crippen LogP contribution in [0.2, 0.25) is 5.02 Å². The third-order valence-electron chi connectivity index (χ3n) is 8.00. The molecule has 1 saturated heterocycles. The second-order valence-electron chi connectivity index (χ2n) is 10.6. The second-order valence-corrected chi connectivity index (χ2v) is 11.1. The molecule has 1 amide bonds. The largest absolute Gasteiger partial charge is 0.387 e. The lowest BCUT2D eigenvalue weighted by atomic mass is 9.95. The smallest absolute Gasteiger partial charge is 0.231 e. The van der Waals surface area contributed by atoms with E-state index in [0.717, 1.165) is 28.2 Å². The molecule has 206 valence electrons. The molecule has 0 radical (unpaired) electrons. The zero-order valence-corrected chi connectivity index (χ0v) is 23.1. The molecule has 39 heavy (non-hydrogen) atoms. The van der Waals surface area contributed by atoms with E-state index in [9.17, 15) is 15.0 Å². The molecule has 0 spiro atoms. The van der Waals surface area contributed by atoms with Crippen molar-refractivity contribution >= 4 is 23.3 Å². The molecular formula is C30H36ClN5O3. The van der Waals surface area contributed by atoms with Gasteiger partial charge in [0.2, 0.25) is 5.91 Å². The molecule has 1 unspecified atom stereocenters. The fourth-order valence-electron chi connectivity index (χ4n) is 5.71. The molecule has 3 N–H and O–H groups in total. The number of benzene rings is 2. The van der Waals surface area contributed by atoms with Gasteiger partial charge in [0.15, 0.2) is 0 Å². The molecule has 1 aliphatic carbocycles. The minimum Gasteiger partial charge on any atom is -0.387 e. The molecule has 2 heterocycles. The fourth-order valence-corrected chi connectivity index (χ4v) is 5.84. The van der Waals surface area contributed by atoms with Gasteiger partial charge in [0, 0.05) is 49.4 Å². The first-order valence-electron chi connectivity index (χ1n) is 13.6. The molecule has 8 nitrogen and oxygen atoms in total. The second kappa shape index (κ2) is 12.0. The van der Waals surface area contributed by atoms with Crippen molar-refractivity contribution in [1.29, 1.82) is 0 Å². The van der Waals surface area contributed by atoms with Gasteiger partial charge in [-0.2, -0.15) is 0 Å². The lowest BCUT2D eigenvalue weighted by Gasteiger charge is -2.38. The summed E-state index contributed by atoms with van der Waals surface area (Å²) in [5.41, 5.74) is 3.48. The number of nitrogens with zero attached hydrogens (tertiary/aromatic N) is 4. The predicted molar refractivity (Wildman–Crippen MR) is 152 cm³/mol. The number of aromatic nitrogens is 2. The van der Waals surface area contributed by atoms with Gasteiger partial charge in [0.1, 0.15) is 12.1 Å². The van der Waals surface area contributed by atoms with Gasteiger partial charge in [-0.3, -0.25) is 4.79 Å². The summed E-state index contributed by atoms with van der Waals surface area (Å²) in [5, 5.41) is 25.2. The van der Waals surface area contributed by atoms with Crippen LogP contribution in [0.3, 0.4) is 0 Å². The van der Waals surface area contributed by atoms with Crippen molar-refractivity contribution in [2.45, 2.75) is 50.4 Å². The summed E-state index contributed by atoms with van der Waals surface area (Å²) in [4.78, 5) is 26.9. The average Bonchev–Trinajstić information content (AvgIpc) is 3.27. The third kappa shape index (κ3) is 5.94. The molecule has 2 aromatic carbocycles. The monoisotopic (exact) mass is 549 g/mol. The van der Waals surface area contributed by atoms with Crippen molar-refractivity contribution in [2.24, 2.45) is 0 Å². The zero-order chi connectivity index (χ0) is 27.5. The van der Waals surface area contributed by atoms with Gasteiger partial charge in [-0.15, -0.1) is 0 Å². The lowest BCUT2D eigenvalue weighted by molar-refractivity contribution is -0.133. The van der Waals surface area contributed by atoms with Crippen LogP contribution >= 0.6 is 11.6 Å². The Morgan fingerprint density at radius 2 is 1.74 bits per heavy atom. The first-order valence-corrected chi connectivity index (χ1v) is 14.0. The number of piperazine rings is 1. The van der Waals surface area contributed by atoms with E-state index in [1.807, 2.05) is 66.4 Å². The summed E-state index contributed by atoms with van der Waals surface area (Å²) in [6, 6.07) is 16.7. The van der Waals surface area contributed by atoms with Gasteiger partial charge < -0.3 is 25.3 Å². The molecule has 5 rings (SSSR count). The molecule has 9 heteroatoms. The van der Waals surface area contributed by atoms with E-state index in [0.29, 0.717) is 44.2 Å². The Bertz CT molecular complexity index is 1270. The minimum absolute atomic E-state index is 0.0441. The lowest BCUT2D eigenvalue weighted by Crippen LogP contribution is -2.51. The summed E-state index contributed by atoms with van der Waals surface area (Å²) >= 11 is 6.14. The zero-order valence-electron chi connectivity index (χ0n) is 22.4. The van der Waals surface area contributed by atoms with Crippen LogP contribution in [0.15, 0.2) is 60.9 Å². The van der Waals surface area contributed by atoms with E-state index >= 15 is 0 Å². The van der Waals surface area contributed by atoms with E-state index < -0.39 is 18.1 Å². The normalized spacial score (nSPS) is 21.4. The maximum Gasteiger partial charge on any atom is 0.231 e. The van der Waals surface area contributed by atoms with E-state index in [2.05, 4.69) is 27.1 Å². The van der Waals surface area contributed by atoms with Gasteiger partial charge in [-0.1, -0.05) is 61.0 Å². The van der Waals surface area contributed by atoms with Crippen LogP contribution in [0.4, 0.5) is 5.82 Å². The molecule has 1 aliphatic heterocycles. The quantitative estimate of drug-likeness (QED) is 0.392. The van der Waals surface area contributed by atoms with Gasteiger partial charge in [0.25, 0.3) is 0 Å². The van der Waals surface area contributed by atoms with Crippen LogP contribution in [0, 0.1) is 0 Å². The van der Waals surface area contributed by atoms with E-state index in [1.54, 1.807) is 0 Å². The predicted octanol–water partition coefficient (Wildman–Crippen LogP) is 3.81. The number of carbonyl (C=O) groups is 1. The minimum atomic E-state index is -0.689. The number of amides is 1. The first-order chi connectivity index (χ1) is 18.8. The Balaban J connectivity index is 1.28. The summed E-state index contributed by atoms with van der Waals surface area (Å²) in [6.07, 6.45) is 0.952. The Morgan fingerprint density at radius 1 is 1.05 bits per heavy atom. The third-order valence-corrected chi connectivity index (χ3v) is 8.25. The number of aliphatic hydroxyl groups is 2. The van der Waals surface area contributed by atoms with Crippen LogP contribution < -0.4 is 10.2 Å². The Labute approximate surface area is 234 Å². The maximum absolute atomic E-state index is 13.9. The van der Waals surface area contributed by atoms with Crippen LogP contribution in [-0.2, 0) is 4.79 Å². The van der Waals surface area contributed by atoms with Gasteiger partial charge in [0.05, 0.1) is 23.8 Å². The highest BCUT2D eigenvalue weighted by atomic mass is 35.5. The van der Waals surface area contributed by atoms with Crippen molar-refractivity contribution in [3.05, 3.63) is 88.3 Å². The number of aliphatic hydroxyl groups excluding tert-OH is 2. The number of rotatable bonds is 8. The SMILES string of the molecule is C[C@@H]1C[C@@H](O)c2ncnc(N3CCN(C(=O)C(CN[C@H](C)[C@H](O)c4ccccc4)c4ccc(Cl)cc4)CC3)c21. The number of fused-ring (bicyclic) bond motifs is 1. The van der Waals surface area contributed by atoms with Crippen molar-refractivity contribution in [3.63, 3.8) is 0 Å². The molecule has 0 bridgehead atoms. The summed E-state index contributed by atoms with van der Waals surface area (Å²) in [7, 11) is 0. The van der Waals surface area contributed by atoms with Crippen LogP contribution in [0.1, 0.15) is 66.7 Å². The number of carbonyl (C=O) groups excluding carboxylic acids is 1. The highest BCUT2D eigenvalue weighted by Gasteiger charge is 2.35. The van der Waals surface area contributed by atoms with Crippen molar-refractivity contribution in [2.75, 3.05) is 37.6 Å². The number of hydrogen-bond acceptors (Lipinski definition) is 7. The van der Waals surface area contributed by atoms with Crippen LogP contribution in [0.5, 0.6) is 0 Å². The number of nitrogens with one attached hydrogen (secondary N) is 1. The number of halogens is 1. The van der Waals surface area contributed by atoms with Gasteiger partial charge in [-0.05, 0) is 42.5 Å². The van der Waals surface area contributed by atoms with Gasteiger partial charge in [-0.25, -0.2) is 9.97 Å². The molecule has 3 aromatic rings. The number of anilines is 1. The first kappa shape index (κ1) is 27.5. The van der Waals surface area contributed by atoms with Crippen molar-refractivity contribution in [1.82, 2.24) is 20.2 Å². The Kier molecular flexibility index (Phi) is 8.47. The number of hydrogen-bond donors (Lipinski definition) is 3. The fraction of sp³-hybridized carbons (Fsp3) is 0.433. The summed E-state index contributed by atoms with van der Waals surface area (Å²) in [5.74, 6) is 0.690. The molecule has 0 saturated carbocycles. The van der Waals surface area contributed by atoms with Gasteiger partial charge >= 0.3 is 0 Å². The Morgan fingerprint density at radius 3 is 2.44 bits per heavy atom. The molecule has 1 fully saturated rings. The van der Waals surface area contributed by atoms with Crippen LogP contribution in [0.25, 0.3) is 0 Å². The van der Waals surface area contributed by atoms with E-state index in [1.165, 1.54) is 6.33 Å². The molecule has 5 atom stereocenters. The highest BCUT2D eigenvalue weighted by molar-refractivity contribution is 6.30. The average molecular weight is 550 g/mol. The van der Waals surface area contributed by atoms with E-state index in [4.69, 9.17) is 11.6 Å².